The molecule has 0 radical (unpaired) electrons. The number of rotatable bonds is 8. The number of piperidine rings is 1. The van der Waals surface area contributed by atoms with Crippen LogP contribution in [0.3, 0.4) is 0 Å². The van der Waals surface area contributed by atoms with Crippen LogP contribution >= 0.6 is 11.8 Å². The predicted molar refractivity (Wildman–Crippen MR) is 90.5 cm³/mol. The third kappa shape index (κ3) is 8.11. The molecule has 8 heteroatoms. The topological polar surface area (TPSA) is 98.7 Å². The van der Waals surface area contributed by atoms with Crippen molar-refractivity contribution in [3.05, 3.63) is 0 Å². The van der Waals surface area contributed by atoms with E-state index in [1.165, 1.54) is 11.8 Å². The van der Waals surface area contributed by atoms with E-state index in [1.807, 2.05) is 13.8 Å². The first-order valence-electron chi connectivity index (χ1n) is 8.00. The summed E-state index contributed by atoms with van der Waals surface area (Å²) in [6.07, 6.45) is 1.60. The number of nitrogens with zero attached hydrogens (tertiary/aromatic N) is 1. The molecular formula is C15H27N3O4S. The predicted octanol–water partition coefficient (Wildman–Crippen LogP) is 0.998. The number of carbonyl (C=O) groups is 3. The van der Waals surface area contributed by atoms with Crippen molar-refractivity contribution < 1.29 is 19.5 Å². The zero-order chi connectivity index (χ0) is 17.2. The van der Waals surface area contributed by atoms with E-state index in [9.17, 15) is 14.4 Å². The number of thioether (sulfide) groups is 1. The molecule has 0 aliphatic carbocycles. The van der Waals surface area contributed by atoms with Crippen LogP contribution < -0.4 is 10.6 Å². The second kappa shape index (κ2) is 10.4. The molecule has 23 heavy (non-hydrogen) atoms. The zero-order valence-electron chi connectivity index (χ0n) is 13.8. The summed E-state index contributed by atoms with van der Waals surface area (Å²) in [5.41, 5.74) is 0. The highest BCUT2D eigenvalue weighted by Gasteiger charge is 2.28. The van der Waals surface area contributed by atoms with E-state index < -0.39 is 5.97 Å². The van der Waals surface area contributed by atoms with Crippen LogP contribution in [0.25, 0.3) is 0 Å². The van der Waals surface area contributed by atoms with Gasteiger partial charge < -0.3 is 20.6 Å². The van der Waals surface area contributed by atoms with E-state index in [-0.39, 0.29) is 23.6 Å². The first-order valence-corrected chi connectivity index (χ1v) is 9.15. The summed E-state index contributed by atoms with van der Waals surface area (Å²) < 4.78 is 0. The van der Waals surface area contributed by atoms with E-state index in [0.717, 1.165) is 12.8 Å². The van der Waals surface area contributed by atoms with E-state index in [1.54, 1.807) is 4.90 Å². The fourth-order valence-electron chi connectivity index (χ4n) is 2.33. The van der Waals surface area contributed by atoms with Gasteiger partial charge in [0.1, 0.15) is 0 Å². The Morgan fingerprint density at radius 1 is 1.30 bits per heavy atom. The number of hydrogen-bond donors (Lipinski definition) is 3. The van der Waals surface area contributed by atoms with Gasteiger partial charge in [0.2, 0.25) is 5.91 Å². The maximum absolute atomic E-state index is 12.1. The molecule has 1 unspecified atom stereocenters. The molecule has 132 valence electrons. The number of amides is 3. The number of hydrogen-bond acceptors (Lipinski definition) is 4. The van der Waals surface area contributed by atoms with Crippen molar-refractivity contribution in [1.82, 2.24) is 15.5 Å². The Bertz CT molecular complexity index is 418. The summed E-state index contributed by atoms with van der Waals surface area (Å²) in [6.45, 7) is 6.28. The van der Waals surface area contributed by atoms with Gasteiger partial charge in [-0.1, -0.05) is 13.8 Å². The lowest BCUT2D eigenvalue weighted by Gasteiger charge is -2.32. The third-order valence-electron chi connectivity index (χ3n) is 3.51. The Morgan fingerprint density at radius 3 is 2.70 bits per heavy atom. The summed E-state index contributed by atoms with van der Waals surface area (Å²) in [5.74, 6) is -0.0741. The molecule has 7 nitrogen and oxygen atoms in total. The van der Waals surface area contributed by atoms with Crippen molar-refractivity contribution in [2.75, 3.05) is 37.7 Å². The zero-order valence-corrected chi connectivity index (χ0v) is 14.7. The van der Waals surface area contributed by atoms with E-state index in [4.69, 9.17) is 5.11 Å². The maximum Gasteiger partial charge on any atom is 0.317 e. The van der Waals surface area contributed by atoms with Gasteiger partial charge in [0.05, 0.1) is 11.7 Å². The van der Waals surface area contributed by atoms with Crippen molar-refractivity contribution >= 4 is 29.7 Å². The van der Waals surface area contributed by atoms with Crippen molar-refractivity contribution in [2.45, 2.75) is 26.7 Å². The Morgan fingerprint density at radius 2 is 2.04 bits per heavy atom. The number of nitrogens with one attached hydrogen (secondary N) is 2. The van der Waals surface area contributed by atoms with Crippen LogP contribution in [0.4, 0.5) is 4.79 Å². The highest BCUT2D eigenvalue weighted by atomic mass is 32.2. The van der Waals surface area contributed by atoms with Crippen LogP contribution in [0.2, 0.25) is 0 Å². The molecule has 1 saturated heterocycles. The molecule has 0 aromatic heterocycles. The van der Waals surface area contributed by atoms with Crippen molar-refractivity contribution in [3.8, 4) is 0 Å². The van der Waals surface area contributed by atoms with Gasteiger partial charge in [-0.25, -0.2) is 4.79 Å². The average Bonchev–Trinajstić information content (AvgIpc) is 2.51. The van der Waals surface area contributed by atoms with E-state index >= 15 is 0 Å². The molecule has 1 aliphatic rings. The first-order chi connectivity index (χ1) is 10.9. The standard InChI is InChI=1S/C15H27N3O4S/c1-11(2)8-17-15(22)18-6-3-4-12(9-18)14(21)16-5-7-23-10-13(19)20/h11-12H,3-10H2,1-2H3,(H,16,21)(H,17,22)(H,19,20). The van der Waals surface area contributed by atoms with Crippen LogP contribution in [0.15, 0.2) is 0 Å². The van der Waals surface area contributed by atoms with Crippen molar-refractivity contribution in [1.29, 1.82) is 0 Å². The molecule has 1 aliphatic heterocycles. The van der Waals surface area contributed by atoms with Gasteiger partial charge in [0.25, 0.3) is 0 Å². The van der Waals surface area contributed by atoms with Crippen LogP contribution in [0.1, 0.15) is 26.7 Å². The summed E-state index contributed by atoms with van der Waals surface area (Å²) in [7, 11) is 0. The lowest BCUT2D eigenvalue weighted by atomic mass is 9.97. The molecule has 1 heterocycles. The molecule has 0 spiro atoms. The summed E-state index contributed by atoms with van der Waals surface area (Å²) in [5, 5.41) is 14.2. The van der Waals surface area contributed by atoms with Crippen molar-refractivity contribution in [2.24, 2.45) is 11.8 Å². The fraction of sp³-hybridized carbons (Fsp3) is 0.800. The van der Waals surface area contributed by atoms with Gasteiger partial charge in [-0.05, 0) is 18.8 Å². The molecule has 0 bridgehead atoms. The average molecular weight is 345 g/mol. The quantitative estimate of drug-likeness (QED) is 0.570. The molecule has 1 atom stereocenters. The number of carbonyl (C=O) groups excluding carboxylic acids is 2. The highest BCUT2D eigenvalue weighted by Crippen LogP contribution is 2.16. The molecule has 0 aromatic rings. The highest BCUT2D eigenvalue weighted by molar-refractivity contribution is 7.99. The second-order valence-electron chi connectivity index (χ2n) is 6.10. The van der Waals surface area contributed by atoms with Gasteiger partial charge in [0, 0.05) is 31.9 Å². The number of aliphatic carboxylic acids is 1. The summed E-state index contributed by atoms with van der Waals surface area (Å²) in [4.78, 5) is 36.3. The van der Waals surface area contributed by atoms with Gasteiger partial charge >= 0.3 is 12.0 Å². The van der Waals surface area contributed by atoms with Crippen LogP contribution in [-0.4, -0.2) is 65.6 Å². The van der Waals surface area contributed by atoms with Gasteiger partial charge in [-0.2, -0.15) is 0 Å². The Hall–Kier alpha value is -1.44. The van der Waals surface area contributed by atoms with E-state index in [2.05, 4.69) is 10.6 Å². The molecular weight excluding hydrogens is 318 g/mol. The second-order valence-corrected chi connectivity index (χ2v) is 7.21. The minimum absolute atomic E-state index is 0.0447. The lowest BCUT2D eigenvalue weighted by molar-refractivity contribution is -0.134. The van der Waals surface area contributed by atoms with E-state index in [0.29, 0.717) is 37.8 Å². The molecule has 3 N–H and O–H groups in total. The largest absolute Gasteiger partial charge is 0.481 e. The monoisotopic (exact) mass is 345 g/mol. The Labute approximate surface area is 141 Å². The fourth-order valence-corrected chi connectivity index (χ4v) is 2.89. The summed E-state index contributed by atoms with van der Waals surface area (Å²) in [6, 6.07) is -0.104. The SMILES string of the molecule is CC(C)CNC(=O)N1CCCC(C(=O)NCCSCC(=O)O)C1. The number of carboxylic acids is 1. The molecule has 3 amide bonds. The first kappa shape index (κ1) is 19.6. The molecule has 1 rings (SSSR count). The number of likely N-dealkylation sites (tertiary alicyclic amines) is 1. The summed E-state index contributed by atoms with van der Waals surface area (Å²) >= 11 is 1.28. The molecule has 0 saturated carbocycles. The Kier molecular flexibility index (Phi) is 8.83. The maximum atomic E-state index is 12.1. The Balaban J connectivity index is 2.29. The molecule has 1 fully saturated rings. The smallest absolute Gasteiger partial charge is 0.317 e. The van der Waals surface area contributed by atoms with Crippen LogP contribution in [-0.2, 0) is 9.59 Å². The van der Waals surface area contributed by atoms with Crippen molar-refractivity contribution in [3.63, 3.8) is 0 Å². The number of carboxylic acid groups (broad SMARTS) is 1. The lowest BCUT2D eigenvalue weighted by Crippen LogP contribution is -2.49. The van der Waals surface area contributed by atoms with Gasteiger partial charge in [-0.15, -0.1) is 11.8 Å². The van der Waals surface area contributed by atoms with Crippen LogP contribution in [0, 0.1) is 11.8 Å². The van der Waals surface area contributed by atoms with Crippen LogP contribution in [0.5, 0.6) is 0 Å². The van der Waals surface area contributed by atoms with Gasteiger partial charge in [-0.3, -0.25) is 9.59 Å². The minimum atomic E-state index is -0.850. The van der Waals surface area contributed by atoms with Gasteiger partial charge in [0.15, 0.2) is 0 Å². The third-order valence-corrected chi connectivity index (χ3v) is 4.46. The number of urea groups is 1. The molecule has 0 aromatic carbocycles. The normalized spacial score (nSPS) is 17.9. The minimum Gasteiger partial charge on any atom is -0.481 e.